The molecule has 3 aliphatic carbocycles. The van der Waals surface area contributed by atoms with Crippen molar-refractivity contribution < 1.29 is 19.0 Å². The van der Waals surface area contributed by atoms with Crippen LogP contribution in [0.1, 0.15) is 22.3 Å². The molecule has 0 radical (unpaired) electrons. The minimum absolute atomic E-state index is 0.0830. The van der Waals surface area contributed by atoms with Crippen LogP contribution in [0.2, 0.25) is 0 Å². The second kappa shape index (κ2) is 3.29. The molecule has 4 aliphatic rings. The van der Waals surface area contributed by atoms with Crippen LogP contribution in [0, 0.1) is 11.8 Å². The van der Waals surface area contributed by atoms with Gasteiger partial charge in [-0.2, -0.15) is 0 Å². The molecule has 4 heteroatoms. The molecule has 0 spiro atoms. The summed E-state index contributed by atoms with van der Waals surface area (Å²) in [4.78, 5) is 13.1. The molecule has 1 heterocycles. The van der Waals surface area contributed by atoms with E-state index in [1.165, 1.54) is 0 Å². The monoisotopic (exact) mass is 284 g/mol. The number of ether oxygens (including phenoxy) is 3. The predicted molar refractivity (Wildman–Crippen MR) is 73.8 cm³/mol. The van der Waals surface area contributed by atoms with Crippen LogP contribution in [0.5, 0.6) is 0 Å². The minimum Gasteiger partial charge on any atom is -0.347 e. The highest BCUT2D eigenvalue weighted by atomic mass is 16.8. The van der Waals surface area contributed by atoms with Crippen LogP contribution in [0.3, 0.4) is 0 Å². The Morgan fingerprint density at radius 3 is 2.62 bits per heavy atom. The number of benzene rings is 1. The lowest BCUT2D eigenvalue weighted by atomic mass is 9.66. The van der Waals surface area contributed by atoms with E-state index < -0.39 is 17.0 Å². The van der Waals surface area contributed by atoms with Crippen LogP contribution >= 0.6 is 0 Å². The Morgan fingerprint density at radius 1 is 1.14 bits per heavy atom. The Balaban J connectivity index is 1.87. The second-order valence-electron chi connectivity index (χ2n) is 6.31. The lowest BCUT2D eigenvalue weighted by Gasteiger charge is -2.43. The van der Waals surface area contributed by atoms with E-state index in [9.17, 15) is 4.79 Å². The van der Waals surface area contributed by atoms with E-state index in [4.69, 9.17) is 14.2 Å². The van der Waals surface area contributed by atoms with Crippen molar-refractivity contribution >= 4 is 5.78 Å². The van der Waals surface area contributed by atoms with E-state index in [0.717, 1.165) is 12.0 Å². The topological polar surface area (TPSA) is 48.1 Å². The van der Waals surface area contributed by atoms with Crippen molar-refractivity contribution in [2.24, 2.45) is 11.8 Å². The van der Waals surface area contributed by atoms with Gasteiger partial charge >= 0.3 is 0 Å². The van der Waals surface area contributed by atoms with Gasteiger partial charge in [0.1, 0.15) is 0 Å². The Labute approximate surface area is 122 Å². The fourth-order valence-corrected chi connectivity index (χ4v) is 5.15. The molecule has 2 bridgehead atoms. The average Bonchev–Trinajstić information content (AvgIpc) is 2.94. The standard InChI is InChI=1S/C17H16O4/c1-19-17(20-2)13-6-4-3-5-12(13)14(18)15-10-7-8-11(9-10)16(15,17)21-15/h3-8,10-11H,9H2,1-2H3/t10-,11-,15-,16+/m0/s1. The lowest BCUT2D eigenvalue weighted by Crippen LogP contribution is -2.58. The summed E-state index contributed by atoms with van der Waals surface area (Å²) in [6, 6.07) is 7.55. The van der Waals surface area contributed by atoms with Gasteiger partial charge in [0.25, 0.3) is 0 Å². The molecule has 0 N–H and O–H groups in total. The molecule has 4 nitrogen and oxygen atoms in total. The maximum absolute atomic E-state index is 13.1. The number of epoxide rings is 1. The highest BCUT2D eigenvalue weighted by Crippen LogP contribution is 2.77. The average molecular weight is 284 g/mol. The molecule has 5 rings (SSSR count). The zero-order valence-electron chi connectivity index (χ0n) is 12.0. The SMILES string of the molecule is COC1(OC)c2ccccc2C(=O)[C@]23O[C@@]12[C@H]1C=C[C@H]3C1. The molecule has 1 saturated heterocycles. The van der Waals surface area contributed by atoms with Gasteiger partial charge in [-0.3, -0.25) is 4.79 Å². The van der Waals surface area contributed by atoms with Gasteiger partial charge in [0.15, 0.2) is 17.0 Å². The van der Waals surface area contributed by atoms with Crippen LogP contribution in [0.25, 0.3) is 0 Å². The lowest BCUT2D eigenvalue weighted by molar-refractivity contribution is -0.263. The third kappa shape index (κ3) is 0.909. The van der Waals surface area contributed by atoms with Gasteiger partial charge in [0, 0.05) is 37.2 Å². The van der Waals surface area contributed by atoms with Crippen LogP contribution in [0.4, 0.5) is 0 Å². The fourth-order valence-electron chi connectivity index (χ4n) is 5.15. The molecule has 0 amide bonds. The van der Waals surface area contributed by atoms with Gasteiger partial charge in [0.05, 0.1) is 0 Å². The molecular weight excluding hydrogens is 268 g/mol. The molecule has 21 heavy (non-hydrogen) atoms. The summed E-state index contributed by atoms with van der Waals surface area (Å²) in [6.45, 7) is 0. The minimum atomic E-state index is -1.01. The molecular formula is C17H16O4. The number of methoxy groups -OCH3 is 2. The van der Waals surface area contributed by atoms with Gasteiger partial charge in [-0.25, -0.2) is 0 Å². The molecule has 0 unspecified atom stereocenters. The summed E-state index contributed by atoms with van der Waals surface area (Å²) >= 11 is 0. The number of hydrogen-bond donors (Lipinski definition) is 0. The van der Waals surface area contributed by atoms with Crippen molar-refractivity contribution in [3.8, 4) is 0 Å². The Bertz CT molecular complexity index is 704. The first-order valence-electron chi connectivity index (χ1n) is 7.31. The first-order valence-corrected chi connectivity index (χ1v) is 7.31. The number of rotatable bonds is 2. The molecule has 1 aliphatic heterocycles. The van der Waals surface area contributed by atoms with Gasteiger partial charge in [-0.1, -0.05) is 36.4 Å². The fraction of sp³-hybridized carbons (Fsp3) is 0.471. The molecule has 2 fully saturated rings. The maximum Gasteiger partial charge on any atom is 0.229 e. The van der Waals surface area contributed by atoms with Crippen molar-refractivity contribution in [3.63, 3.8) is 0 Å². The number of Topliss-reactive ketones (excluding diaryl/α,β-unsaturated/α-hetero) is 1. The number of hydrogen-bond acceptors (Lipinski definition) is 4. The number of fused-ring (bicyclic) bond motifs is 3. The van der Waals surface area contributed by atoms with E-state index in [1.807, 2.05) is 24.3 Å². The highest BCUT2D eigenvalue weighted by molar-refractivity contribution is 6.10. The Kier molecular flexibility index (Phi) is 1.90. The smallest absolute Gasteiger partial charge is 0.229 e. The Morgan fingerprint density at radius 2 is 1.86 bits per heavy atom. The largest absolute Gasteiger partial charge is 0.347 e. The molecule has 0 aromatic heterocycles. The number of carbonyl (C=O) groups excluding carboxylic acids is 1. The summed E-state index contributed by atoms with van der Waals surface area (Å²) in [5.41, 5.74) is -0.0365. The van der Waals surface area contributed by atoms with Crippen LogP contribution in [-0.2, 0) is 20.0 Å². The van der Waals surface area contributed by atoms with Crippen LogP contribution < -0.4 is 0 Å². The van der Waals surface area contributed by atoms with Gasteiger partial charge in [0.2, 0.25) is 5.79 Å². The third-order valence-electron chi connectivity index (χ3n) is 5.89. The summed E-state index contributed by atoms with van der Waals surface area (Å²) in [6.07, 6.45) is 5.22. The first kappa shape index (κ1) is 12.1. The van der Waals surface area contributed by atoms with Crippen molar-refractivity contribution in [2.45, 2.75) is 23.4 Å². The zero-order chi connectivity index (χ0) is 14.5. The predicted octanol–water partition coefficient (Wildman–Crippen LogP) is 2.04. The number of ketones is 1. The summed E-state index contributed by atoms with van der Waals surface area (Å²) in [5, 5.41) is 0. The normalized spacial score (nSPS) is 43.4. The quantitative estimate of drug-likeness (QED) is 0.474. The first-order chi connectivity index (χ1) is 10.2. The van der Waals surface area contributed by atoms with E-state index in [0.29, 0.717) is 5.56 Å². The highest BCUT2D eigenvalue weighted by Gasteiger charge is 2.94. The van der Waals surface area contributed by atoms with E-state index in [1.54, 1.807) is 14.2 Å². The molecule has 1 aromatic rings. The number of carbonyl (C=O) groups is 1. The molecule has 108 valence electrons. The molecule has 1 saturated carbocycles. The van der Waals surface area contributed by atoms with Crippen LogP contribution in [-0.4, -0.2) is 31.2 Å². The summed E-state index contributed by atoms with van der Waals surface area (Å²) < 4.78 is 18.0. The zero-order valence-corrected chi connectivity index (χ0v) is 12.0. The van der Waals surface area contributed by atoms with E-state index in [2.05, 4.69) is 12.2 Å². The molecule has 1 aromatic carbocycles. The van der Waals surface area contributed by atoms with E-state index >= 15 is 0 Å². The molecule has 4 atom stereocenters. The third-order valence-corrected chi connectivity index (χ3v) is 5.89. The summed E-state index contributed by atoms with van der Waals surface area (Å²) in [5.74, 6) is -0.630. The van der Waals surface area contributed by atoms with Gasteiger partial charge in [-0.05, 0) is 6.42 Å². The van der Waals surface area contributed by atoms with Crippen molar-refractivity contribution in [1.82, 2.24) is 0 Å². The maximum atomic E-state index is 13.1. The Hall–Kier alpha value is -1.49. The summed E-state index contributed by atoms with van der Waals surface area (Å²) in [7, 11) is 3.26. The van der Waals surface area contributed by atoms with Crippen molar-refractivity contribution in [1.29, 1.82) is 0 Å². The second-order valence-corrected chi connectivity index (χ2v) is 6.31. The van der Waals surface area contributed by atoms with Crippen LogP contribution in [0.15, 0.2) is 36.4 Å². The van der Waals surface area contributed by atoms with E-state index in [-0.39, 0.29) is 17.6 Å². The van der Waals surface area contributed by atoms with Crippen molar-refractivity contribution in [2.75, 3.05) is 14.2 Å². The van der Waals surface area contributed by atoms with Gasteiger partial charge in [-0.15, -0.1) is 0 Å². The van der Waals surface area contributed by atoms with Crippen molar-refractivity contribution in [3.05, 3.63) is 47.5 Å². The van der Waals surface area contributed by atoms with Gasteiger partial charge < -0.3 is 14.2 Å².